The lowest BCUT2D eigenvalue weighted by atomic mass is 10.1. The number of fused-ring (bicyclic) bond motifs is 1. The SMILES string of the molecule is CCN(CC)c1ccc(N2C(=NC(=O)CCc3ccccc3)S[C@@H]3CS(=O)(=O)C[C@@H]32)cc1. The highest BCUT2D eigenvalue weighted by Crippen LogP contribution is 2.41. The molecule has 0 radical (unpaired) electrons. The van der Waals surface area contributed by atoms with Crippen LogP contribution in [0.1, 0.15) is 25.8 Å². The first-order valence-corrected chi connectivity index (χ1v) is 13.8. The van der Waals surface area contributed by atoms with Gasteiger partial charge >= 0.3 is 0 Å². The van der Waals surface area contributed by atoms with Gasteiger partial charge in [-0.15, -0.1) is 0 Å². The number of aliphatic imine (C=N–C) groups is 1. The summed E-state index contributed by atoms with van der Waals surface area (Å²) in [6.07, 6.45) is 0.970. The summed E-state index contributed by atoms with van der Waals surface area (Å²) in [6.45, 7) is 6.07. The van der Waals surface area contributed by atoms with Gasteiger partial charge < -0.3 is 9.80 Å². The topological polar surface area (TPSA) is 70.0 Å². The third-order valence-electron chi connectivity index (χ3n) is 6.01. The van der Waals surface area contributed by atoms with E-state index in [2.05, 4.69) is 35.9 Å². The first-order valence-electron chi connectivity index (χ1n) is 11.1. The molecule has 0 spiro atoms. The molecule has 2 aromatic rings. The zero-order valence-corrected chi connectivity index (χ0v) is 20.1. The number of hydrogen-bond donors (Lipinski definition) is 0. The molecule has 8 heteroatoms. The summed E-state index contributed by atoms with van der Waals surface area (Å²) in [5.41, 5.74) is 3.11. The predicted molar refractivity (Wildman–Crippen MR) is 134 cm³/mol. The summed E-state index contributed by atoms with van der Waals surface area (Å²) >= 11 is 1.42. The maximum atomic E-state index is 12.7. The Labute approximate surface area is 194 Å². The molecular weight excluding hydrogens is 442 g/mol. The summed E-state index contributed by atoms with van der Waals surface area (Å²) in [7, 11) is -3.08. The Morgan fingerprint density at radius 2 is 1.75 bits per heavy atom. The molecule has 0 saturated carbocycles. The summed E-state index contributed by atoms with van der Waals surface area (Å²) in [5.74, 6) is 0.0525. The van der Waals surface area contributed by atoms with E-state index in [0.717, 1.165) is 30.0 Å². The molecule has 6 nitrogen and oxygen atoms in total. The van der Waals surface area contributed by atoms with E-state index in [4.69, 9.17) is 0 Å². The Kier molecular flexibility index (Phi) is 6.90. The van der Waals surface area contributed by atoms with Gasteiger partial charge in [-0.1, -0.05) is 42.1 Å². The average Bonchev–Trinajstić information content (AvgIpc) is 3.25. The second-order valence-electron chi connectivity index (χ2n) is 8.13. The average molecular weight is 472 g/mol. The summed E-state index contributed by atoms with van der Waals surface area (Å²) in [5, 5.41) is 0.520. The zero-order valence-electron chi connectivity index (χ0n) is 18.5. The van der Waals surface area contributed by atoms with Gasteiger partial charge in [0, 0.05) is 36.1 Å². The molecule has 170 valence electrons. The van der Waals surface area contributed by atoms with Crippen molar-refractivity contribution in [3.8, 4) is 0 Å². The second-order valence-corrected chi connectivity index (χ2v) is 11.5. The van der Waals surface area contributed by atoms with Crippen molar-refractivity contribution < 1.29 is 13.2 Å². The third-order valence-corrected chi connectivity index (χ3v) is 9.22. The van der Waals surface area contributed by atoms with Crippen LogP contribution in [0.25, 0.3) is 0 Å². The number of thioether (sulfide) groups is 1. The molecule has 2 aliphatic heterocycles. The fourth-order valence-corrected chi connectivity index (χ4v) is 8.27. The number of sulfone groups is 1. The summed E-state index contributed by atoms with van der Waals surface area (Å²) < 4.78 is 24.6. The molecule has 2 fully saturated rings. The molecule has 2 atom stereocenters. The highest BCUT2D eigenvalue weighted by Gasteiger charge is 2.49. The number of carbonyl (C=O) groups is 1. The maximum absolute atomic E-state index is 12.7. The molecule has 2 saturated heterocycles. The summed E-state index contributed by atoms with van der Waals surface area (Å²) in [4.78, 5) is 21.3. The van der Waals surface area contributed by atoms with Crippen LogP contribution in [-0.4, -0.2) is 55.4 Å². The lowest BCUT2D eigenvalue weighted by Crippen LogP contribution is -2.37. The van der Waals surface area contributed by atoms with E-state index >= 15 is 0 Å². The van der Waals surface area contributed by atoms with E-state index < -0.39 is 9.84 Å². The van der Waals surface area contributed by atoms with Gasteiger partial charge in [0.2, 0.25) is 5.91 Å². The minimum absolute atomic E-state index is 0.0943. The van der Waals surface area contributed by atoms with Crippen LogP contribution in [0.2, 0.25) is 0 Å². The molecule has 2 aromatic carbocycles. The number of aryl methyl sites for hydroxylation is 1. The van der Waals surface area contributed by atoms with Crippen molar-refractivity contribution >= 4 is 44.0 Å². The van der Waals surface area contributed by atoms with Gasteiger partial charge in [0.25, 0.3) is 0 Å². The van der Waals surface area contributed by atoms with Gasteiger partial charge in [0.1, 0.15) is 0 Å². The van der Waals surface area contributed by atoms with Crippen LogP contribution in [0.15, 0.2) is 59.6 Å². The van der Waals surface area contributed by atoms with Crippen LogP contribution in [0.3, 0.4) is 0 Å². The standard InChI is InChI=1S/C24H29N3O3S2/c1-3-26(4-2)19-11-13-20(14-12-19)27-21-16-32(29,30)17-22(21)31-24(27)25-23(28)15-10-18-8-6-5-7-9-18/h5-9,11-14,21-22H,3-4,10,15-17H2,1-2H3/t21-,22+/m0/s1. The van der Waals surface area contributed by atoms with E-state index in [9.17, 15) is 13.2 Å². The first kappa shape index (κ1) is 22.9. The smallest absolute Gasteiger partial charge is 0.248 e. The quantitative estimate of drug-likeness (QED) is 0.612. The lowest BCUT2D eigenvalue weighted by molar-refractivity contribution is -0.117. The molecule has 32 heavy (non-hydrogen) atoms. The third kappa shape index (κ3) is 5.02. The number of nitrogens with zero attached hydrogens (tertiary/aromatic N) is 3. The Balaban J connectivity index is 1.57. The largest absolute Gasteiger partial charge is 0.372 e. The monoisotopic (exact) mass is 471 g/mol. The zero-order chi connectivity index (χ0) is 22.7. The van der Waals surface area contributed by atoms with Crippen LogP contribution in [0.5, 0.6) is 0 Å². The molecule has 4 rings (SSSR count). The van der Waals surface area contributed by atoms with Crippen molar-refractivity contribution in [3.05, 3.63) is 60.2 Å². The van der Waals surface area contributed by atoms with E-state index in [1.165, 1.54) is 11.8 Å². The number of carbonyl (C=O) groups excluding carboxylic acids is 1. The molecular formula is C24H29N3O3S2. The number of rotatable bonds is 7. The molecule has 0 N–H and O–H groups in total. The van der Waals surface area contributed by atoms with E-state index in [1.54, 1.807) is 0 Å². The number of amidine groups is 1. The van der Waals surface area contributed by atoms with E-state index in [1.807, 2.05) is 47.4 Å². The fourth-order valence-electron chi connectivity index (χ4n) is 4.34. The lowest BCUT2D eigenvalue weighted by Gasteiger charge is -2.26. The molecule has 2 aliphatic rings. The van der Waals surface area contributed by atoms with Gasteiger partial charge in [0.05, 0.1) is 17.5 Å². The number of hydrogen-bond acceptors (Lipinski definition) is 5. The number of anilines is 2. The Bertz CT molecular complexity index is 1080. The van der Waals surface area contributed by atoms with Crippen molar-refractivity contribution in [2.75, 3.05) is 34.4 Å². The van der Waals surface area contributed by atoms with Crippen LogP contribution in [0, 0.1) is 0 Å². The minimum Gasteiger partial charge on any atom is -0.372 e. The second kappa shape index (κ2) is 9.67. The number of amides is 1. The van der Waals surface area contributed by atoms with Gasteiger partial charge in [-0.25, -0.2) is 8.42 Å². The van der Waals surface area contributed by atoms with Crippen molar-refractivity contribution in [1.29, 1.82) is 0 Å². The number of benzene rings is 2. The van der Waals surface area contributed by atoms with Crippen molar-refractivity contribution in [2.45, 2.75) is 38.0 Å². The van der Waals surface area contributed by atoms with Crippen molar-refractivity contribution in [3.63, 3.8) is 0 Å². The van der Waals surface area contributed by atoms with Crippen molar-refractivity contribution in [1.82, 2.24) is 0 Å². The fraction of sp³-hybridized carbons (Fsp3) is 0.417. The van der Waals surface area contributed by atoms with Crippen molar-refractivity contribution in [2.24, 2.45) is 4.99 Å². The van der Waals surface area contributed by atoms with Gasteiger partial charge in [-0.2, -0.15) is 4.99 Å². The first-order chi connectivity index (χ1) is 15.4. The molecule has 1 amide bonds. The van der Waals surface area contributed by atoms with Crippen LogP contribution in [0.4, 0.5) is 11.4 Å². The van der Waals surface area contributed by atoms with E-state index in [-0.39, 0.29) is 28.7 Å². The maximum Gasteiger partial charge on any atom is 0.248 e. The van der Waals surface area contributed by atoms with Gasteiger partial charge in [-0.3, -0.25) is 4.79 Å². The molecule has 0 bridgehead atoms. The van der Waals surface area contributed by atoms with Crippen LogP contribution in [-0.2, 0) is 21.1 Å². The Hall–Kier alpha value is -2.32. The van der Waals surface area contributed by atoms with Crippen LogP contribution >= 0.6 is 11.8 Å². The Morgan fingerprint density at radius 1 is 1.06 bits per heavy atom. The van der Waals surface area contributed by atoms with E-state index in [0.29, 0.717) is 18.0 Å². The predicted octanol–water partition coefficient (Wildman–Crippen LogP) is 3.77. The Morgan fingerprint density at radius 3 is 2.41 bits per heavy atom. The summed E-state index contributed by atoms with van der Waals surface area (Å²) in [6, 6.07) is 17.8. The minimum atomic E-state index is -3.08. The van der Waals surface area contributed by atoms with Gasteiger partial charge in [-0.05, 0) is 50.1 Å². The van der Waals surface area contributed by atoms with Gasteiger partial charge in [0.15, 0.2) is 15.0 Å². The molecule has 0 aliphatic carbocycles. The highest BCUT2D eigenvalue weighted by atomic mass is 32.2. The molecule has 0 aromatic heterocycles. The highest BCUT2D eigenvalue weighted by molar-refractivity contribution is 8.16. The molecule has 0 unspecified atom stereocenters. The molecule has 2 heterocycles. The van der Waals surface area contributed by atoms with Crippen LogP contribution < -0.4 is 9.80 Å². The normalized spacial score (nSPS) is 22.8.